The van der Waals surface area contributed by atoms with Crippen LogP contribution < -0.4 is 0 Å². The fourth-order valence-electron chi connectivity index (χ4n) is 7.98. The van der Waals surface area contributed by atoms with Gasteiger partial charge >= 0.3 is 11.9 Å². The first kappa shape index (κ1) is 17.4. The maximum Gasteiger partial charge on any atom is 0.307 e. The summed E-state index contributed by atoms with van der Waals surface area (Å²) in [4.78, 5) is 23.4. The molecule has 0 aliphatic heterocycles. The van der Waals surface area contributed by atoms with Crippen LogP contribution in [0, 0.1) is 46.3 Å². The zero-order valence-electron chi connectivity index (χ0n) is 15.5. The van der Waals surface area contributed by atoms with Crippen LogP contribution in [-0.4, -0.2) is 22.2 Å². The summed E-state index contributed by atoms with van der Waals surface area (Å²) in [5.74, 6) is 0.823. The molecule has 4 nitrogen and oxygen atoms in total. The quantitative estimate of drug-likeness (QED) is 0.774. The molecule has 0 saturated heterocycles. The van der Waals surface area contributed by atoms with E-state index in [4.69, 9.17) is 0 Å². The molecule has 2 N–H and O–H groups in total. The molecule has 0 radical (unpaired) electrons. The Hall–Kier alpha value is -1.06. The van der Waals surface area contributed by atoms with E-state index >= 15 is 0 Å². The van der Waals surface area contributed by atoms with Gasteiger partial charge in [-0.15, -0.1) is 0 Å². The Morgan fingerprint density at radius 1 is 0.800 bits per heavy atom. The third-order valence-corrected chi connectivity index (χ3v) is 9.26. The third-order valence-electron chi connectivity index (χ3n) is 9.26. The fraction of sp³-hybridized carbons (Fsp3) is 0.905. The van der Waals surface area contributed by atoms with Gasteiger partial charge in [-0.05, 0) is 92.3 Å². The molecular weight excluding hydrogens is 316 g/mol. The minimum Gasteiger partial charge on any atom is -0.481 e. The van der Waals surface area contributed by atoms with E-state index in [0.717, 1.165) is 44.9 Å². The van der Waals surface area contributed by atoms with Gasteiger partial charge in [-0.1, -0.05) is 13.8 Å². The van der Waals surface area contributed by atoms with E-state index in [2.05, 4.69) is 13.8 Å². The summed E-state index contributed by atoms with van der Waals surface area (Å²) in [6.07, 6.45) is 9.18. The summed E-state index contributed by atoms with van der Waals surface area (Å²) in [7, 11) is 0. The van der Waals surface area contributed by atoms with Gasteiger partial charge in [0.05, 0.1) is 11.8 Å². The topological polar surface area (TPSA) is 74.6 Å². The van der Waals surface area contributed by atoms with Gasteiger partial charge in [0.15, 0.2) is 0 Å². The lowest BCUT2D eigenvalue weighted by Crippen LogP contribution is -2.54. The van der Waals surface area contributed by atoms with Gasteiger partial charge in [-0.3, -0.25) is 9.59 Å². The van der Waals surface area contributed by atoms with E-state index in [9.17, 15) is 19.8 Å². The van der Waals surface area contributed by atoms with Crippen LogP contribution >= 0.6 is 0 Å². The maximum atomic E-state index is 11.8. The molecule has 4 saturated carbocycles. The molecular formula is C21H32O4. The molecule has 0 heterocycles. The first-order valence-electron chi connectivity index (χ1n) is 10.2. The molecule has 4 rings (SSSR count). The Morgan fingerprint density at radius 3 is 2.16 bits per heavy atom. The zero-order chi connectivity index (χ0) is 18.0. The first-order chi connectivity index (χ1) is 11.8. The molecule has 0 aromatic carbocycles. The van der Waals surface area contributed by atoms with Crippen LogP contribution in [0.1, 0.15) is 71.6 Å². The Morgan fingerprint density at radius 2 is 1.48 bits per heavy atom. The highest BCUT2D eigenvalue weighted by Crippen LogP contribution is 2.67. The number of hydrogen-bond acceptors (Lipinski definition) is 2. The van der Waals surface area contributed by atoms with Gasteiger partial charge in [-0.2, -0.15) is 0 Å². The van der Waals surface area contributed by atoms with Crippen LogP contribution in [0.3, 0.4) is 0 Å². The second-order valence-corrected chi connectivity index (χ2v) is 9.99. The summed E-state index contributed by atoms with van der Waals surface area (Å²) in [6.45, 7) is 4.60. The lowest BCUT2D eigenvalue weighted by Gasteiger charge is -2.61. The molecule has 8 atom stereocenters. The fourth-order valence-corrected chi connectivity index (χ4v) is 7.98. The lowest BCUT2D eigenvalue weighted by molar-refractivity contribution is -0.159. The van der Waals surface area contributed by atoms with Crippen molar-refractivity contribution in [3.63, 3.8) is 0 Å². The number of rotatable bonds is 2. The van der Waals surface area contributed by atoms with Gasteiger partial charge in [-0.25, -0.2) is 0 Å². The van der Waals surface area contributed by atoms with Gasteiger partial charge < -0.3 is 10.2 Å². The van der Waals surface area contributed by atoms with Crippen molar-refractivity contribution >= 4 is 11.9 Å². The van der Waals surface area contributed by atoms with E-state index in [1.807, 2.05) is 0 Å². The second-order valence-electron chi connectivity index (χ2n) is 9.99. The Bertz CT molecular complexity index is 586. The van der Waals surface area contributed by atoms with Crippen molar-refractivity contribution in [2.75, 3.05) is 0 Å². The van der Waals surface area contributed by atoms with Crippen LogP contribution in [0.15, 0.2) is 0 Å². The van der Waals surface area contributed by atoms with E-state index < -0.39 is 11.9 Å². The third kappa shape index (κ3) is 2.39. The van der Waals surface area contributed by atoms with Crippen molar-refractivity contribution in [3.8, 4) is 0 Å². The smallest absolute Gasteiger partial charge is 0.307 e. The normalized spacial score (nSPS) is 51.9. The van der Waals surface area contributed by atoms with Crippen LogP contribution in [0.2, 0.25) is 0 Å². The molecule has 0 bridgehead atoms. The van der Waals surface area contributed by atoms with Crippen molar-refractivity contribution in [1.29, 1.82) is 0 Å². The van der Waals surface area contributed by atoms with Gasteiger partial charge in [0.2, 0.25) is 0 Å². The predicted molar refractivity (Wildman–Crippen MR) is 94.0 cm³/mol. The number of carboxylic acids is 2. The van der Waals surface area contributed by atoms with Crippen molar-refractivity contribution in [2.45, 2.75) is 71.6 Å². The van der Waals surface area contributed by atoms with Crippen molar-refractivity contribution in [1.82, 2.24) is 0 Å². The zero-order valence-corrected chi connectivity index (χ0v) is 15.5. The lowest BCUT2D eigenvalue weighted by atomic mass is 9.44. The van der Waals surface area contributed by atoms with E-state index in [0.29, 0.717) is 23.7 Å². The molecule has 0 amide bonds. The summed E-state index contributed by atoms with van der Waals surface area (Å²) >= 11 is 0. The molecule has 4 heteroatoms. The number of aliphatic carboxylic acids is 2. The molecule has 0 aromatic heterocycles. The van der Waals surface area contributed by atoms with Crippen LogP contribution in [0.4, 0.5) is 0 Å². The van der Waals surface area contributed by atoms with Crippen molar-refractivity contribution in [2.24, 2.45) is 46.3 Å². The molecule has 4 aliphatic carbocycles. The maximum absolute atomic E-state index is 11.8. The molecule has 4 fully saturated rings. The molecule has 25 heavy (non-hydrogen) atoms. The van der Waals surface area contributed by atoms with E-state index in [1.54, 1.807) is 0 Å². The highest BCUT2D eigenvalue weighted by atomic mass is 16.4. The molecule has 0 spiro atoms. The van der Waals surface area contributed by atoms with Gasteiger partial charge in [0.25, 0.3) is 0 Å². The highest BCUT2D eigenvalue weighted by molar-refractivity contribution is 5.71. The first-order valence-corrected chi connectivity index (χ1v) is 10.2. The highest BCUT2D eigenvalue weighted by Gasteiger charge is 2.61. The average molecular weight is 348 g/mol. The van der Waals surface area contributed by atoms with Crippen LogP contribution in [0.25, 0.3) is 0 Å². The molecule has 0 aromatic rings. The van der Waals surface area contributed by atoms with Crippen LogP contribution in [-0.2, 0) is 9.59 Å². The largest absolute Gasteiger partial charge is 0.481 e. The number of carbonyl (C=O) groups is 2. The number of fused-ring (bicyclic) bond motifs is 5. The SMILES string of the molecule is C[C@]12CC(C(=O)O)CCC1CC[C@@H]1[C@H]2CC[C@]2(C)C(C(=O)O)CC[C@@H]12. The van der Waals surface area contributed by atoms with Gasteiger partial charge in [0.1, 0.15) is 0 Å². The average Bonchev–Trinajstić information content (AvgIpc) is 2.91. The van der Waals surface area contributed by atoms with Crippen molar-refractivity contribution in [3.05, 3.63) is 0 Å². The monoisotopic (exact) mass is 348 g/mol. The van der Waals surface area contributed by atoms with E-state index in [-0.39, 0.29) is 22.7 Å². The standard InChI is InChI=1S/C21H32O4/c1-20-10-9-16-14(15(20)7-8-17(20)19(24)25)6-5-13-4-3-12(18(22)23)11-21(13,16)2/h12-17H,3-11H2,1-2H3,(H,22,23)(H,24,25)/t12?,13?,14-,15-,16+,17?,20-,21-/m0/s1. The Balaban J connectivity index is 1.62. The number of carboxylic acid groups (broad SMARTS) is 2. The van der Waals surface area contributed by atoms with Crippen molar-refractivity contribution < 1.29 is 19.8 Å². The molecule has 3 unspecified atom stereocenters. The predicted octanol–water partition coefficient (Wildman–Crippen LogP) is 4.43. The second kappa shape index (κ2) is 5.72. The summed E-state index contributed by atoms with van der Waals surface area (Å²) in [6, 6.07) is 0. The Kier molecular flexibility index (Phi) is 3.97. The molecule has 140 valence electrons. The van der Waals surface area contributed by atoms with Crippen LogP contribution in [0.5, 0.6) is 0 Å². The summed E-state index contributed by atoms with van der Waals surface area (Å²) in [5, 5.41) is 19.2. The summed E-state index contributed by atoms with van der Waals surface area (Å²) in [5.41, 5.74) is 0.101. The minimum atomic E-state index is -0.616. The van der Waals surface area contributed by atoms with E-state index in [1.165, 1.54) is 12.8 Å². The summed E-state index contributed by atoms with van der Waals surface area (Å²) < 4.78 is 0. The number of hydrogen-bond donors (Lipinski definition) is 2. The molecule has 4 aliphatic rings. The Labute approximate surface area is 150 Å². The van der Waals surface area contributed by atoms with Gasteiger partial charge in [0, 0.05) is 0 Å². The minimum absolute atomic E-state index is 0.0446.